The summed E-state index contributed by atoms with van der Waals surface area (Å²) in [4.78, 5) is 18.9. The smallest absolute Gasteiger partial charge is 0.228 e. The van der Waals surface area contributed by atoms with E-state index >= 15 is 0 Å². The molecule has 1 aliphatic heterocycles. The van der Waals surface area contributed by atoms with Crippen molar-refractivity contribution >= 4 is 5.91 Å². The number of nitrogens with zero attached hydrogens (tertiary/aromatic N) is 2. The molecule has 0 aliphatic carbocycles. The Labute approximate surface area is 130 Å². The van der Waals surface area contributed by atoms with Crippen molar-refractivity contribution < 1.29 is 9.21 Å². The van der Waals surface area contributed by atoms with Crippen LogP contribution in [0.4, 0.5) is 0 Å². The van der Waals surface area contributed by atoms with Crippen LogP contribution in [0.25, 0.3) is 11.5 Å². The number of hydrogen-bond acceptors (Lipinski definition) is 4. The van der Waals surface area contributed by atoms with Crippen LogP contribution in [0.15, 0.2) is 34.7 Å². The molecule has 2 aromatic rings. The molecule has 0 atom stereocenters. The van der Waals surface area contributed by atoms with E-state index in [-0.39, 0.29) is 5.91 Å². The minimum atomic E-state index is 0.125. The van der Waals surface area contributed by atoms with Gasteiger partial charge in [-0.05, 0) is 32.0 Å². The Bertz CT molecular complexity index is 629. The Morgan fingerprint density at radius 1 is 1.27 bits per heavy atom. The van der Waals surface area contributed by atoms with Crippen molar-refractivity contribution in [3.05, 3.63) is 41.8 Å². The monoisotopic (exact) mass is 299 g/mol. The summed E-state index contributed by atoms with van der Waals surface area (Å²) < 4.78 is 5.72. The predicted molar refractivity (Wildman–Crippen MR) is 84.4 cm³/mol. The summed E-state index contributed by atoms with van der Waals surface area (Å²) in [5.74, 6) is 1.43. The number of nitrogens with one attached hydrogen (secondary N) is 1. The normalized spacial score (nSPS) is 15.6. The maximum atomic E-state index is 12.4. The fourth-order valence-electron chi connectivity index (χ4n) is 2.65. The maximum Gasteiger partial charge on any atom is 0.228 e. The molecule has 1 N–H and O–H groups in total. The second kappa shape index (κ2) is 6.75. The molecule has 3 rings (SSSR count). The number of amides is 1. The lowest BCUT2D eigenvalue weighted by molar-refractivity contribution is -0.130. The molecule has 1 saturated heterocycles. The van der Waals surface area contributed by atoms with E-state index in [0.717, 1.165) is 49.6 Å². The Morgan fingerprint density at radius 3 is 2.91 bits per heavy atom. The Morgan fingerprint density at radius 2 is 2.09 bits per heavy atom. The number of hydrogen-bond donors (Lipinski definition) is 1. The van der Waals surface area contributed by atoms with E-state index in [1.165, 1.54) is 0 Å². The van der Waals surface area contributed by atoms with Gasteiger partial charge >= 0.3 is 0 Å². The first-order valence-electron chi connectivity index (χ1n) is 7.74. The largest absolute Gasteiger partial charge is 0.441 e. The summed E-state index contributed by atoms with van der Waals surface area (Å²) in [7, 11) is 0. The fraction of sp³-hybridized carbons (Fsp3) is 0.412. The first-order chi connectivity index (χ1) is 10.7. The molecule has 2 heterocycles. The molecule has 1 amide bonds. The highest BCUT2D eigenvalue weighted by Gasteiger charge is 2.19. The van der Waals surface area contributed by atoms with Gasteiger partial charge in [-0.2, -0.15) is 0 Å². The van der Waals surface area contributed by atoms with E-state index in [9.17, 15) is 4.79 Å². The highest BCUT2D eigenvalue weighted by molar-refractivity contribution is 5.78. The minimum absolute atomic E-state index is 0.125. The lowest BCUT2D eigenvalue weighted by Gasteiger charge is -2.19. The molecule has 1 aromatic carbocycles. The van der Waals surface area contributed by atoms with Gasteiger partial charge in [-0.1, -0.05) is 18.2 Å². The van der Waals surface area contributed by atoms with Crippen LogP contribution in [0.3, 0.4) is 0 Å². The molecular formula is C17H21N3O2. The number of oxazole rings is 1. The summed E-state index contributed by atoms with van der Waals surface area (Å²) >= 11 is 0. The quantitative estimate of drug-likeness (QED) is 0.942. The van der Waals surface area contributed by atoms with Crippen LogP contribution in [-0.4, -0.2) is 42.0 Å². The molecule has 0 unspecified atom stereocenters. The first kappa shape index (κ1) is 14.8. The van der Waals surface area contributed by atoms with Gasteiger partial charge in [0.2, 0.25) is 11.8 Å². The van der Waals surface area contributed by atoms with Crippen LogP contribution in [-0.2, 0) is 11.2 Å². The Kier molecular flexibility index (Phi) is 4.53. The van der Waals surface area contributed by atoms with E-state index < -0.39 is 0 Å². The average Bonchev–Trinajstić information content (AvgIpc) is 2.76. The number of benzene rings is 1. The fourth-order valence-corrected chi connectivity index (χ4v) is 2.65. The zero-order valence-corrected chi connectivity index (χ0v) is 12.8. The average molecular weight is 299 g/mol. The van der Waals surface area contributed by atoms with Gasteiger partial charge in [-0.25, -0.2) is 4.98 Å². The lowest BCUT2D eigenvalue weighted by atomic mass is 10.2. The zero-order valence-electron chi connectivity index (χ0n) is 12.8. The second-order valence-corrected chi connectivity index (χ2v) is 5.55. The summed E-state index contributed by atoms with van der Waals surface area (Å²) in [6.45, 7) is 5.28. The van der Waals surface area contributed by atoms with Gasteiger partial charge in [0.05, 0.1) is 12.1 Å². The third-order valence-electron chi connectivity index (χ3n) is 3.92. The molecule has 0 bridgehead atoms. The number of rotatable bonds is 3. The predicted octanol–water partition coefficient (Wildman–Crippen LogP) is 2.01. The third kappa shape index (κ3) is 3.36. The van der Waals surface area contributed by atoms with Gasteiger partial charge in [-0.15, -0.1) is 0 Å². The summed E-state index contributed by atoms with van der Waals surface area (Å²) in [5.41, 5.74) is 1.67. The van der Waals surface area contributed by atoms with E-state index in [2.05, 4.69) is 10.3 Å². The molecule has 1 fully saturated rings. The van der Waals surface area contributed by atoms with Crippen LogP contribution in [0.1, 0.15) is 17.9 Å². The summed E-state index contributed by atoms with van der Waals surface area (Å²) in [6.07, 6.45) is 1.31. The molecule has 0 radical (unpaired) electrons. The molecule has 0 spiro atoms. The van der Waals surface area contributed by atoms with E-state index in [0.29, 0.717) is 12.3 Å². The van der Waals surface area contributed by atoms with Gasteiger partial charge in [0, 0.05) is 25.2 Å². The first-order valence-corrected chi connectivity index (χ1v) is 7.74. The van der Waals surface area contributed by atoms with Crippen molar-refractivity contribution in [2.24, 2.45) is 0 Å². The van der Waals surface area contributed by atoms with Crippen molar-refractivity contribution in [2.75, 3.05) is 26.2 Å². The second-order valence-electron chi connectivity index (χ2n) is 5.55. The standard InChI is InChI=1S/C17H21N3O2/c1-13-15(12-16(21)20-10-5-8-18-9-11-20)19-17(22-13)14-6-3-2-4-7-14/h2-4,6-7,18H,5,8-12H2,1H3. The molecule has 0 saturated carbocycles. The molecule has 116 valence electrons. The van der Waals surface area contributed by atoms with Crippen LogP contribution >= 0.6 is 0 Å². The van der Waals surface area contributed by atoms with Crippen molar-refractivity contribution in [1.82, 2.24) is 15.2 Å². The van der Waals surface area contributed by atoms with Crippen molar-refractivity contribution in [1.29, 1.82) is 0 Å². The molecule has 1 aliphatic rings. The van der Waals surface area contributed by atoms with Gasteiger partial charge in [0.1, 0.15) is 5.76 Å². The third-order valence-corrected chi connectivity index (χ3v) is 3.92. The van der Waals surface area contributed by atoms with Gasteiger partial charge in [0.15, 0.2) is 0 Å². The van der Waals surface area contributed by atoms with Crippen molar-refractivity contribution in [3.8, 4) is 11.5 Å². The number of aromatic nitrogens is 1. The van der Waals surface area contributed by atoms with Gasteiger partial charge in [-0.3, -0.25) is 4.79 Å². The molecule has 5 heteroatoms. The topological polar surface area (TPSA) is 58.4 Å². The van der Waals surface area contributed by atoms with Crippen molar-refractivity contribution in [2.45, 2.75) is 19.8 Å². The summed E-state index contributed by atoms with van der Waals surface area (Å²) in [6, 6.07) is 9.76. The number of carbonyl (C=O) groups excluding carboxylic acids is 1. The zero-order chi connectivity index (χ0) is 15.4. The molecule has 1 aromatic heterocycles. The highest BCUT2D eigenvalue weighted by Crippen LogP contribution is 2.22. The SMILES string of the molecule is Cc1oc(-c2ccccc2)nc1CC(=O)N1CCCNCC1. The van der Waals surface area contributed by atoms with E-state index in [1.807, 2.05) is 42.2 Å². The number of carbonyl (C=O) groups is 1. The van der Waals surface area contributed by atoms with Crippen LogP contribution in [0.2, 0.25) is 0 Å². The molecule has 5 nitrogen and oxygen atoms in total. The Hall–Kier alpha value is -2.14. The Balaban J connectivity index is 1.72. The molecule has 22 heavy (non-hydrogen) atoms. The van der Waals surface area contributed by atoms with E-state index in [1.54, 1.807) is 0 Å². The highest BCUT2D eigenvalue weighted by atomic mass is 16.4. The van der Waals surface area contributed by atoms with Crippen LogP contribution in [0, 0.1) is 6.92 Å². The molecular weight excluding hydrogens is 278 g/mol. The van der Waals surface area contributed by atoms with Crippen LogP contribution in [0.5, 0.6) is 0 Å². The van der Waals surface area contributed by atoms with E-state index in [4.69, 9.17) is 4.42 Å². The van der Waals surface area contributed by atoms with Crippen LogP contribution < -0.4 is 5.32 Å². The number of aryl methyl sites for hydroxylation is 1. The maximum absolute atomic E-state index is 12.4. The lowest BCUT2D eigenvalue weighted by Crippen LogP contribution is -2.35. The summed E-state index contributed by atoms with van der Waals surface area (Å²) in [5, 5.41) is 3.30. The van der Waals surface area contributed by atoms with Gasteiger partial charge in [0.25, 0.3) is 0 Å². The minimum Gasteiger partial charge on any atom is -0.441 e. The van der Waals surface area contributed by atoms with Crippen molar-refractivity contribution in [3.63, 3.8) is 0 Å². The van der Waals surface area contributed by atoms with Gasteiger partial charge < -0.3 is 14.6 Å².